The zero-order chi connectivity index (χ0) is 28.3. The van der Waals surface area contributed by atoms with Crippen LogP contribution in [-0.2, 0) is 38.1 Å². The molecule has 2 aromatic carbocycles. The smallest absolute Gasteiger partial charge is 0.306 e. The van der Waals surface area contributed by atoms with Crippen molar-refractivity contribution in [2.75, 3.05) is 0 Å². The number of ether oxygens (including phenoxy) is 4. The lowest BCUT2D eigenvalue weighted by molar-refractivity contribution is -0.198. The molecule has 212 valence electrons. The maximum Gasteiger partial charge on any atom is 0.306 e. The van der Waals surface area contributed by atoms with Crippen molar-refractivity contribution in [3.05, 3.63) is 95.0 Å². The number of esters is 2. The Kier molecular flexibility index (Phi) is 4.90. The quantitative estimate of drug-likeness (QED) is 0.497. The van der Waals surface area contributed by atoms with Crippen LogP contribution in [0.3, 0.4) is 0 Å². The van der Waals surface area contributed by atoms with Crippen LogP contribution in [0.25, 0.3) is 0 Å². The summed E-state index contributed by atoms with van der Waals surface area (Å²) in [6.45, 7) is 0. The minimum absolute atomic E-state index is 0.0530. The van der Waals surface area contributed by atoms with E-state index >= 15 is 0 Å². The highest BCUT2D eigenvalue weighted by Gasteiger charge is 2.77. The summed E-state index contributed by atoms with van der Waals surface area (Å²) >= 11 is 0. The fraction of sp³-hybridized carbons (Fsp3) is 0.412. The Morgan fingerprint density at radius 3 is 2.02 bits per heavy atom. The number of rotatable bonds is 2. The number of carbonyl (C=O) groups excluding carboxylic acids is 4. The molecule has 0 aromatic heterocycles. The van der Waals surface area contributed by atoms with Crippen LogP contribution in [0.15, 0.2) is 83.8 Å². The largest absolute Gasteiger partial charge is 0.489 e. The van der Waals surface area contributed by atoms with Gasteiger partial charge in [-0.3, -0.25) is 19.2 Å². The van der Waals surface area contributed by atoms with Crippen molar-refractivity contribution in [3.63, 3.8) is 0 Å². The number of ketones is 2. The summed E-state index contributed by atoms with van der Waals surface area (Å²) in [5.74, 6) is -2.11. The van der Waals surface area contributed by atoms with Crippen LogP contribution >= 0.6 is 0 Å². The van der Waals surface area contributed by atoms with Crippen LogP contribution in [0, 0.1) is 35.0 Å². The molecule has 0 unspecified atom stereocenters. The van der Waals surface area contributed by atoms with Gasteiger partial charge in [0.1, 0.15) is 41.3 Å². The number of hydrogen-bond acceptors (Lipinski definition) is 8. The average molecular weight is 565 g/mol. The summed E-state index contributed by atoms with van der Waals surface area (Å²) in [5, 5.41) is 0. The summed E-state index contributed by atoms with van der Waals surface area (Å²) in [7, 11) is 0. The average Bonchev–Trinajstić information content (AvgIpc) is 3.60. The lowest BCUT2D eigenvalue weighted by Gasteiger charge is -2.63. The van der Waals surface area contributed by atoms with E-state index < -0.39 is 47.6 Å². The van der Waals surface area contributed by atoms with Gasteiger partial charge in [0.25, 0.3) is 0 Å². The van der Waals surface area contributed by atoms with Gasteiger partial charge in [0.15, 0.2) is 11.6 Å². The molecule has 1 saturated carbocycles. The molecule has 0 amide bonds. The van der Waals surface area contributed by atoms with Gasteiger partial charge in [-0.25, -0.2) is 0 Å². The summed E-state index contributed by atoms with van der Waals surface area (Å²) in [6, 6.07) is 19.3. The number of benzene rings is 2. The molecule has 8 nitrogen and oxygen atoms in total. The van der Waals surface area contributed by atoms with E-state index in [0.29, 0.717) is 17.1 Å². The maximum absolute atomic E-state index is 14.8. The predicted octanol–water partition coefficient (Wildman–Crippen LogP) is 4.33. The monoisotopic (exact) mass is 564 g/mol. The topological polar surface area (TPSA) is 105 Å². The highest BCUT2D eigenvalue weighted by atomic mass is 16.6. The van der Waals surface area contributed by atoms with Crippen LogP contribution < -0.4 is 0 Å². The SMILES string of the molecule is O=C1C[C@@H]2C3=C(O[C@H](c4ccccc4)CC3=O)[C@@H]3[C@@H]([C@@H]4C=C5O[C@@H](c6ccccc6)CC(=O)[C@@]53[C@H]3CC(=O)O[C@@H]43)[C@@H]2O1. The van der Waals surface area contributed by atoms with Crippen LogP contribution in [0.4, 0.5) is 0 Å². The van der Waals surface area contributed by atoms with Gasteiger partial charge in [-0.1, -0.05) is 60.7 Å². The van der Waals surface area contributed by atoms with E-state index in [1.54, 1.807) is 0 Å². The van der Waals surface area contributed by atoms with Gasteiger partial charge >= 0.3 is 11.9 Å². The highest BCUT2D eigenvalue weighted by molar-refractivity contribution is 6.00. The third kappa shape index (κ3) is 3.02. The molecule has 4 heterocycles. The van der Waals surface area contributed by atoms with E-state index in [0.717, 1.165) is 11.1 Å². The summed E-state index contributed by atoms with van der Waals surface area (Å²) in [5.41, 5.74) is 0.981. The lowest BCUT2D eigenvalue weighted by Crippen LogP contribution is -2.68. The first-order chi connectivity index (χ1) is 20.4. The molecule has 10 rings (SSSR count). The maximum atomic E-state index is 14.8. The highest BCUT2D eigenvalue weighted by Crippen LogP contribution is 2.71. The Labute approximate surface area is 241 Å². The van der Waals surface area contributed by atoms with E-state index in [9.17, 15) is 19.2 Å². The van der Waals surface area contributed by atoms with E-state index in [4.69, 9.17) is 18.9 Å². The molecule has 2 bridgehead atoms. The van der Waals surface area contributed by atoms with Gasteiger partial charge in [0.2, 0.25) is 0 Å². The molecule has 4 aliphatic carbocycles. The van der Waals surface area contributed by atoms with Crippen LogP contribution in [0.1, 0.15) is 49.0 Å². The fourth-order valence-electron chi connectivity index (χ4n) is 9.35. The Morgan fingerprint density at radius 2 is 1.31 bits per heavy atom. The van der Waals surface area contributed by atoms with Gasteiger partial charge in [-0.2, -0.15) is 0 Å². The number of allylic oxidation sites excluding steroid dienone is 2. The molecule has 42 heavy (non-hydrogen) atoms. The zero-order valence-electron chi connectivity index (χ0n) is 22.6. The van der Waals surface area contributed by atoms with E-state index in [1.165, 1.54) is 0 Å². The Bertz CT molecular complexity index is 1630. The van der Waals surface area contributed by atoms with Crippen molar-refractivity contribution in [1.82, 2.24) is 0 Å². The molecule has 0 N–H and O–H groups in total. The molecule has 8 heteroatoms. The Morgan fingerprint density at radius 1 is 0.667 bits per heavy atom. The van der Waals surface area contributed by atoms with Crippen molar-refractivity contribution in [1.29, 1.82) is 0 Å². The van der Waals surface area contributed by atoms with E-state index in [2.05, 4.69) is 0 Å². The fourth-order valence-corrected chi connectivity index (χ4v) is 9.35. The molecular formula is C34H28O8. The number of carbonyl (C=O) groups is 4. The number of hydrogen-bond donors (Lipinski definition) is 0. The van der Waals surface area contributed by atoms with Crippen molar-refractivity contribution < 1.29 is 38.1 Å². The van der Waals surface area contributed by atoms with Gasteiger partial charge < -0.3 is 18.9 Å². The standard InChI is InChI=1S/C34H28O8/c35-21-14-22(16-7-3-1-4-8-16)40-33-28(21)19-12-26(37)42-32(19)29-18-11-25-34(30(29)33,20-13-27(38)41-31(18)20)24(36)15-23(39-25)17-9-5-2-6-10-17/h1-11,18-20,22-23,29-32H,12-15H2/t18-,19+,20-,22-,23+,29+,30-,31-,32+,34-/m0/s1. The predicted molar refractivity (Wildman–Crippen MR) is 144 cm³/mol. The second kappa shape index (κ2) is 8.43. The van der Waals surface area contributed by atoms with Crippen LogP contribution in [0.2, 0.25) is 0 Å². The second-order valence-corrected chi connectivity index (χ2v) is 12.6. The molecule has 3 saturated heterocycles. The molecule has 2 aromatic rings. The minimum atomic E-state index is -1.26. The number of Topliss-reactive ketones (excluding diaryl/α,β-unsaturated/α-hetero) is 2. The summed E-state index contributed by atoms with van der Waals surface area (Å²) < 4.78 is 25.4. The molecule has 0 radical (unpaired) electrons. The van der Waals surface area contributed by atoms with Gasteiger partial charge in [-0.15, -0.1) is 0 Å². The van der Waals surface area contributed by atoms with E-state index in [-0.39, 0.29) is 61.0 Å². The van der Waals surface area contributed by atoms with Crippen LogP contribution in [-0.4, -0.2) is 35.7 Å². The van der Waals surface area contributed by atoms with Gasteiger partial charge in [0.05, 0.1) is 19.3 Å². The number of fused-ring (bicyclic) bond motifs is 2. The van der Waals surface area contributed by atoms with Gasteiger partial charge in [0, 0.05) is 41.6 Å². The third-order valence-electron chi connectivity index (χ3n) is 10.8. The molecule has 4 aliphatic heterocycles. The summed E-state index contributed by atoms with van der Waals surface area (Å²) in [4.78, 5) is 54.4. The zero-order valence-corrected chi connectivity index (χ0v) is 22.6. The molecular weight excluding hydrogens is 536 g/mol. The first-order valence-electron chi connectivity index (χ1n) is 14.8. The van der Waals surface area contributed by atoms with E-state index in [1.807, 2.05) is 66.7 Å². The minimum Gasteiger partial charge on any atom is -0.489 e. The van der Waals surface area contributed by atoms with Crippen molar-refractivity contribution in [3.8, 4) is 0 Å². The first kappa shape index (κ1) is 24.4. The van der Waals surface area contributed by atoms with Crippen LogP contribution in [0.5, 0.6) is 0 Å². The Balaban J connectivity index is 1.25. The molecule has 4 fully saturated rings. The second-order valence-electron chi connectivity index (χ2n) is 12.6. The van der Waals surface area contributed by atoms with Gasteiger partial charge in [-0.05, 0) is 17.2 Å². The van der Waals surface area contributed by atoms with Crippen molar-refractivity contribution in [2.24, 2.45) is 35.0 Å². The van der Waals surface area contributed by atoms with Crippen molar-refractivity contribution >= 4 is 23.5 Å². The lowest BCUT2D eigenvalue weighted by atomic mass is 9.41. The molecule has 8 aliphatic rings. The normalized spacial score (nSPS) is 40.9. The molecule has 1 spiro atoms. The third-order valence-corrected chi connectivity index (χ3v) is 10.8. The molecule has 10 atom stereocenters. The summed E-state index contributed by atoms with van der Waals surface area (Å²) in [6.07, 6.45) is 0.251. The van der Waals surface area contributed by atoms with Crippen molar-refractivity contribution in [2.45, 2.75) is 50.1 Å². The Hall–Kier alpha value is -4.20. The first-order valence-corrected chi connectivity index (χ1v) is 14.8.